The SMILES string of the molecule is C=CC[C@H](C/C=C\C=O)C[C@@H]1C(=O)C=CC[C@H]1C=C. The maximum absolute atomic E-state index is 12.0. The fourth-order valence-electron chi connectivity index (χ4n) is 2.60. The van der Waals surface area contributed by atoms with E-state index in [1.54, 1.807) is 6.08 Å². The van der Waals surface area contributed by atoms with E-state index >= 15 is 0 Å². The van der Waals surface area contributed by atoms with Gasteiger partial charge in [-0.2, -0.15) is 0 Å². The first kappa shape index (κ1) is 15.4. The monoisotopic (exact) mass is 258 g/mol. The highest BCUT2D eigenvalue weighted by Crippen LogP contribution is 2.32. The van der Waals surface area contributed by atoms with Crippen LogP contribution in [0.3, 0.4) is 0 Å². The molecule has 0 aromatic rings. The molecule has 1 rings (SSSR count). The van der Waals surface area contributed by atoms with E-state index in [4.69, 9.17) is 0 Å². The highest BCUT2D eigenvalue weighted by molar-refractivity contribution is 5.92. The minimum Gasteiger partial charge on any atom is -0.299 e. The zero-order chi connectivity index (χ0) is 14.1. The van der Waals surface area contributed by atoms with Crippen molar-refractivity contribution in [1.82, 2.24) is 0 Å². The van der Waals surface area contributed by atoms with Crippen LogP contribution >= 0.6 is 0 Å². The third-order valence-corrected chi connectivity index (χ3v) is 3.65. The normalized spacial score (nSPS) is 24.3. The second-order valence-corrected chi connectivity index (χ2v) is 4.97. The van der Waals surface area contributed by atoms with E-state index in [-0.39, 0.29) is 17.6 Å². The van der Waals surface area contributed by atoms with Crippen LogP contribution in [0.25, 0.3) is 0 Å². The molecule has 0 amide bonds. The third kappa shape index (κ3) is 4.82. The maximum atomic E-state index is 12.0. The van der Waals surface area contributed by atoms with Crippen molar-refractivity contribution < 1.29 is 9.59 Å². The molecule has 0 spiro atoms. The van der Waals surface area contributed by atoms with E-state index in [9.17, 15) is 9.59 Å². The Kier molecular flexibility index (Phi) is 6.80. The lowest BCUT2D eigenvalue weighted by Gasteiger charge is -2.27. The largest absolute Gasteiger partial charge is 0.299 e. The number of hydrogen-bond donors (Lipinski definition) is 0. The fraction of sp³-hybridized carbons (Fsp3) is 0.412. The zero-order valence-electron chi connectivity index (χ0n) is 11.3. The topological polar surface area (TPSA) is 34.1 Å². The first-order valence-electron chi connectivity index (χ1n) is 6.77. The number of allylic oxidation sites excluding steroid dienone is 6. The summed E-state index contributed by atoms with van der Waals surface area (Å²) < 4.78 is 0. The lowest BCUT2D eigenvalue weighted by Crippen LogP contribution is -2.26. The van der Waals surface area contributed by atoms with Crippen LogP contribution in [0.4, 0.5) is 0 Å². The Morgan fingerprint density at radius 3 is 2.79 bits per heavy atom. The Morgan fingerprint density at radius 1 is 1.37 bits per heavy atom. The van der Waals surface area contributed by atoms with Gasteiger partial charge in [0, 0.05) is 5.92 Å². The van der Waals surface area contributed by atoms with Gasteiger partial charge in [0.15, 0.2) is 5.78 Å². The van der Waals surface area contributed by atoms with E-state index in [2.05, 4.69) is 13.2 Å². The Balaban J connectivity index is 2.69. The maximum Gasteiger partial charge on any atom is 0.159 e. The third-order valence-electron chi connectivity index (χ3n) is 3.65. The van der Waals surface area contributed by atoms with Crippen molar-refractivity contribution in [3.05, 3.63) is 49.6 Å². The van der Waals surface area contributed by atoms with Crippen molar-refractivity contribution in [2.45, 2.75) is 25.7 Å². The van der Waals surface area contributed by atoms with Crippen molar-refractivity contribution in [2.24, 2.45) is 17.8 Å². The van der Waals surface area contributed by atoms with Gasteiger partial charge in [-0.1, -0.05) is 24.3 Å². The summed E-state index contributed by atoms with van der Waals surface area (Å²) in [5, 5.41) is 0. The molecule has 0 bridgehead atoms. The van der Waals surface area contributed by atoms with Crippen LogP contribution in [-0.2, 0) is 9.59 Å². The summed E-state index contributed by atoms with van der Waals surface area (Å²) in [6, 6.07) is 0. The molecule has 1 aliphatic carbocycles. The summed E-state index contributed by atoms with van der Waals surface area (Å²) in [6.07, 6.45) is 15.0. The first-order chi connectivity index (χ1) is 9.22. The van der Waals surface area contributed by atoms with Gasteiger partial charge in [-0.15, -0.1) is 13.2 Å². The molecule has 2 heteroatoms. The van der Waals surface area contributed by atoms with Crippen LogP contribution in [0.1, 0.15) is 25.7 Å². The summed E-state index contributed by atoms with van der Waals surface area (Å²) in [5.41, 5.74) is 0. The van der Waals surface area contributed by atoms with Crippen molar-refractivity contribution in [2.75, 3.05) is 0 Å². The second-order valence-electron chi connectivity index (χ2n) is 4.97. The number of carbonyl (C=O) groups excluding carboxylic acids is 2. The summed E-state index contributed by atoms with van der Waals surface area (Å²) in [6.45, 7) is 7.60. The van der Waals surface area contributed by atoms with Crippen LogP contribution in [0.2, 0.25) is 0 Å². The lowest BCUT2D eigenvalue weighted by atomic mass is 9.76. The average Bonchev–Trinajstić information content (AvgIpc) is 2.41. The molecule has 0 N–H and O–H groups in total. The van der Waals surface area contributed by atoms with Crippen molar-refractivity contribution >= 4 is 12.1 Å². The van der Waals surface area contributed by atoms with Crippen molar-refractivity contribution in [3.63, 3.8) is 0 Å². The van der Waals surface area contributed by atoms with Gasteiger partial charge in [0.1, 0.15) is 6.29 Å². The zero-order valence-corrected chi connectivity index (χ0v) is 11.3. The molecule has 0 aromatic carbocycles. The first-order valence-corrected chi connectivity index (χ1v) is 6.77. The lowest BCUT2D eigenvalue weighted by molar-refractivity contribution is -0.120. The number of rotatable bonds is 8. The molecule has 2 nitrogen and oxygen atoms in total. The molecule has 0 aliphatic heterocycles. The average molecular weight is 258 g/mol. The van der Waals surface area contributed by atoms with Gasteiger partial charge in [0.2, 0.25) is 0 Å². The standard InChI is InChI=1S/C17H22O2/c1-3-8-14(9-5-6-12-18)13-16-15(4-2)10-7-11-17(16)19/h3-7,11-12,14-16H,1-2,8-10,13H2/b6-5-/t14-,15-,16+/m1/s1. The molecule has 0 heterocycles. The van der Waals surface area contributed by atoms with E-state index in [1.807, 2.05) is 24.3 Å². The quantitative estimate of drug-likeness (QED) is 0.378. The van der Waals surface area contributed by atoms with Crippen LogP contribution in [0, 0.1) is 17.8 Å². The molecule has 102 valence electrons. The molecular formula is C17H22O2. The van der Waals surface area contributed by atoms with Gasteiger partial charge in [-0.25, -0.2) is 0 Å². The molecule has 0 unspecified atom stereocenters. The van der Waals surface area contributed by atoms with Gasteiger partial charge >= 0.3 is 0 Å². The van der Waals surface area contributed by atoms with Crippen LogP contribution in [-0.4, -0.2) is 12.1 Å². The van der Waals surface area contributed by atoms with Crippen molar-refractivity contribution in [1.29, 1.82) is 0 Å². The molecular weight excluding hydrogens is 236 g/mol. The Hall–Kier alpha value is -1.70. The molecule has 0 saturated heterocycles. The fourth-order valence-corrected chi connectivity index (χ4v) is 2.60. The number of ketones is 1. The highest BCUT2D eigenvalue weighted by Gasteiger charge is 2.28. The van der Waals surface area contributed by atoms with Crippen LogP contribution in [0.5, 0.6) is 0 Å². The summed E-state index contributed by atoms with van der Waals surface area (Å²) in [7, 11) is 0. The second kappa shape index (κ2) is 8.41. The molecule has 0 fully saturated rings. The summed E-state index contributed by atoms with van der Waals surface area (Å²) in [5.74, 6) is 0.818. The molecule has 0 radical (unpaired) electrons. The summed E-state index contributed by atoms with van der Waals surface area (Å²) in [4.78, 5) is 22.3. The molecule has 1 aliphatic rings. The van der Waals surface area contributed by atoms with E-state index in [0.717, 1.165) is 32.0 Å². The molecule has 0 aromatic heterocycles. The van der Waals surface area contributed by atoms with E-state index in [0.29, 0.717) is 5.92 Å². The molecule has 0 saturated carbocycles. The Labute approximate surface area is 115 Å². The number of aldehydes is 1. The highest BCUT2D eigenvalue weighted by atomic mass is 16.1. The number of carbonyl (C=O) groups is 2. The van der Waals surface area contributed by atoms with Crippen LogP contribution in [0.15, 0.2) is 49.6 Å². The van der Waals surface area contributed by atoms with Gasteiger partial charge < -0.3 is 0 Å². The minimum absolute atomic E-state index is 0.0251. The van der Waals surface area contributed by atoms with Gasteiger partial charge in [-0.05, 0) is 49.7 Å². The predicted octanol–water partition coefficient (Wildman–Crippen LogP) is 3.66. The minimum atomic E-state index is 0.0251. The summed E-state index contributed by atoms with van der Waals surface area (Å²) >= 11 is 0. The van der Waals surface area contributed by atoms with Crippen LogP contribution < -0.4 is 0 Å². The smallest absolute Gasteiger partial charge is 0.159 e. The number of hydrogen-bond acceptors (Lipinski definition) is 2. The van der Waals surface area contributed by atoms with Crippen molar-refractivity contribution in [3.8, 4) is 0 Å². The van der Waals surface area contributed by atoms with E-state index in [1.165, 1.54) is 6.08 Å². The van der Waals surface area contributed by atoms with Gasteiger partial charge in [0.05, 0.1) is 0 Å². The van der Waals surface area contributed by atoms with E-state index < -0.39 is 0 Å². The Morgan fingerprint density at radius 2 is 2.16 bits per heavy atom. The molecule has 19 heavy (non-hydrogen) atoms. The Bertz CT molecular complexity index is 390. The predicted molar refractivity (Wildman–Crippen MR) is 78.7 cm³/mol. The van der Waals surface area contributed by atoms with Gasteiger partial charge in [0.25, 0.3) is 0 Å². The van der Waals surface area contributed by atoms with Gasteiger partial charge in [-0.3, -0.25) is 9.59 Å². The molecule has 3 atom stereocenters.